The van der Waals surface area contributed by atoms with Gasteiger partial charge in [-0.1, -0.05) is 13.8 Å². The summed E-state index contributed by atoms with van der Waals surface area (Å²) in [6.45, 7) is 5.78. The van der Waals surface area contributed by atoms with Crippen molar-refractivity contribution in [2.24, 2.45) is 11.8 Å². The van der Waals surface area contributed by atoms with Crippen LogP contribution in [0.25, 0.3) is 0 Å². The molecule has 0 rings (SSSR count). The summed E-state index contributed by atoms with van der Waals surface area (Å²) in [5.41, 5.74) is 0. The Morgan fingerprint density at radius 3 is 2.36 bits per heavy atom. The summed E-state index contributed by atoms with van der Waals surface area (Å²) in [6, 6.07) is 0. The summed E-state index contributed by atoms with van der Waals surface area (Å²) in [5.74, 6) is -0.529. The molecule has 0 saturated heterocycles. The van der Waals surface area contributed by atoms with Crippen LogP contribution in [0.3, 0.4) is 0 Å². The highest BCUT2D eigenvalue weighted by Crippen LogP contribution is 2.11. The van der Waals surface area contributed by atoms with Gasteiger partial charge in [0.15, 0.2) is 0 Å². The zero-order valence-corrected chi connectivity index (χ0v) is 7.33. The van der Waals surface area contributed by atoms with Crippen LogP contribution in [0, 0.1) is 11.8 Å². The first kappa shape index (κ1) is 10.4. The van der Waals surface area contributed by atoms with E-state index in [0.717, 1.165) is 0 Å². The van der Waals surface area contributed by atoms with Crippen molar-refractivity contribution in [1.82, 2.24) is 0 Å². The van der Waals surface area contributed by atoms with E-state index < -0.39 is 0 Å². The Hall–Kier alpha value is -0.570. The molecule has 0 radical (unpaired) electrons. The quantitative estimate of drug-likeness (QED) is 0.619. The van der Waals surface area contributed by atoms with E-state index in [1.54, 1.807) is 6.92 Å². The first-order valence-electron chi connectivity index (χ1n) is 3.91. The molecule has 11 heavy (non-hydrogen) atoms. The van der Waals surface area contributed by atoms with Crippen molar-refractivity contribution >= 4 is 5.97 Å². The van der Waals surface area contributed by atoms with Gasteiger partial charge in [-0.05, 0) is 12.8 Å². The van der Waals surface area contributed by atoms with Crippen LogP contribution in [0.4, 0.5) is 0 Å². The highest BCUT2D eigenvalue weighted by atomic mass is 16.5. The van der Waals surface area contributed by atoms with Crippen molar-refractivity contribution in [3.63, 3.8) is 0 Å². The Bertz CT molecular complexity index is 121. The average Bonchev–Trinajstić information content (AvgIpc) is 1.88. The van der Waals surface area contributed by atoms with Gasteiger partial charge in [-0.2, -0.15) is 0 Å². The van der Waals surface area contributed by atoms with E-state index in [0.29, 0.717) is 6.61 Å². The molecule has 0 aromatic rings. The molecular formula is C8H16O3. The lowest BCUT2D eigenvalue weighted by Gasteiger charge is -2.15. The third-order valence-electron chi connectivity index (χ3n) is 1.59. The van der Waals surface area contributed by atoms with Crippen molar-refractivity contribution in [3.05, 3.63) is 0 Å². The molecule has 3 heteroatoms. The van der Waals surface area contributed by atoms with E-state index in [4.69, 9.17) is 9.84 Å². The van der Waals surface area contributed by atoms with Crippen LogP contribution in [0.15, 0.2) is 0 Å². The Morgan fingerprint density at radius 1 is 1.55 bits per heavy atom. The van der Waals surface area contributed by atoms with Crippen LogP contribution in [-0.2, 0) is 9.53 Å². The largest absolute Gasteiger partial charge is 0.466 e. The van der Waals surface area contributed by atoms with Gasteiger partial charge in [0.05, 0.1) is 19.1 Å². The second kappa shape index (κ2) is 5.13. The molecule has 0 aliphatic rings. The standard InChI is InChI=1S/C8H16O3/c1-4-11-8(10)7(5-9)6(2)3/h6-7,9H,4-5H2,1-3H3/t7-/m0/s1. The maximum Gasteiger partial charge on any atom is 0.311 e. The lowest BCUT2D eigenvalue weighted by molar-refractivity contribution is -0.151. The van der Waals surface area contributed by atoms with Crippen molar-refractivity contribution in [3.8, 4) is 0 Å². The molecule has 0 saturated carbocycles. The molecule has 1 atom stereocenters. The second-order valence-electron chi connectivity index (χ2n) is 2.79. The molecule has 66 valence electrons. The molecular weight excluding hydrogens is 144 g/mol. The first-order chi connectivity index (χ1) is 5.13. The lowest BCUT2D eigenvalue weighted by Crippen LogP contribution is -2.25. The number of hydrogen-bond donors (Lipinski definition) is 1. The number of carbonyl (C=O) groups excluding carboxylic acids is 1. The van der Waals surface area contributed by atoms with Gasteiger partial charge in [-0.25, -0.2) is 0 Å². The number of esters is 1. The molecule has 0 spiro atoms. The van der Waals surface area contributed by atoms with E-state index in [-0.39, 0.29) is 24.4 Å². The van der Waals surface area contributed by atoms with Crippen molar-refractivity contribution < 1.29 is 14.6 Å². The SMILES string of the molecule is CCOC(=O)[C@@H](CO)C(C)C. The highest BCUT2D eigenvalue weighted by Gasteiger charge is 2.21. The predicted octanol–water partition coefficient (Wildman–Crippen LogP) is 0.814. The normalized spacial score (nSPS) is 13.2. The zero-order chi connectivity index (χ0) is 8.85. The molecule has 1 N–H and O–H groups in total. The maximum atomic E-state index is 11.0. The highest BCUT2D eigenvalue weighted by molar-refractivity contribution is 5.72. The molecule has 0 amide bonds. The molecule has 0 heterocycles. The fourth-order valence-corrected chi connectivity index (χ4v) is 0.807. The predicted molar refractivity (Wildman–Crippen MR) is 42.0 cm³/mol. The van der Waals surface area contributed by atoms with Gasteiger partial charge < -0.3 is 9.84 Å². The fourth-order valence-electron chi connectivity index (χ4n) is 0.807. The molecule has 0 aromatic heterocycles. The Balaban J connectivity index is 3.92. The van der Waals surface area contributed by atoms with Gasteiger partial charge in [-0.3, -0.25) is 4.79 Å². The van der Waals surface area contributed by atoms with E-state index in [2.05, 4.69) is 0 Å². The number of ether oxygens (including phenoxy) is 1. The summed E-state index contributed by atoms with van der Waals surface area (Å²) in [4.78, 5) is 11.0. The van der Waals surface area contributed by atoms with Crippen LogP contribution < -0.4 is 0 Å². The van der Waals surface area contributed by atoms with Crippen molar-refractivity contribution in [2.75, 3.05) is 13.2 Å². The lowest BCUT2D eigenvalue weighted by atomic mass is 9.97. The van der Waals surface area contributed by atoms with Gasteiger partial charge >= 0.3 is 5.97 Å². The minimum absolute atomic E-state index is 0.128. The zero-order valence-electron chi connectivity index (χ0n) is 7.33. The molecule has 0 fully saturated rings. The van der Waals surface area contributed by atoms with Crippen LogP contribution >= 0.6 is 0 Å². The van der Waals surface area contributed by atoms with Crippen LogP contribution in [-0.4, -0.2) is 24.3 Å². The maximum absolute atomic E-state index is 11.0. The van der Waals surface area contributed by atoms with Crippen LogP contribution in [0.5, 0.6) is 0 Å². The summed E-state index contributed by atoms with van der Waals surface area (Å²) in [6.07, 6.45) is 0. The minimum Gasteiger partial charge on any atom is -0.466 e. The summed E-state index contributed by atoms with van der Waals surface area (Å²) < 4.78 is 4.76. The first-order valence-corrected chi connectivity index (χ1v) is 3.91. The number of hydrogen-bond acceptors (Lipinski definition) is 3. The van der Waals surface area contributed by atoms with Gasteiger partial charge in [0.25, 0.3) is 0 Å². The molecule has 0 bridgehead atoms. The van der Waals surface area contributed by atoms with Gasteiger partial charge in [0, 0.05) is 0 Å². The monoisotopic (exact) mass is 160 g/mol. The number of aliphatic hydroxyl groups excluding tert-OH is 1. The number of aliphatic hydroxyl groups is 1. The summed E-state index contributed by atoms with van der Waals surface area (Å²) in [7, 11) is 0. The van der Waals surface area contributed by atoms with Gasteiger partial charge in [-0.15, -0.1) is 0 Å². The third-order valence-corrected chi connectivity index (χ3v) is 1.59. The Morgan fingerprint density at radius 2 is 2.09 bits per heavy atom. The molecule has 0 aliphatic carbocycles. The third kappa shape index (κ3) is 3.37. The summed E-state index contributed by atoms with van der Waals surface area (Å²) in [5, 5.41) is 8.79. The average molecular weight is 160 g/mol. The van der Waals surface area contributed by atoms with E-state index in [1.165, 1.54) is 0 Å². The number of rotatable bonds is 4. The van der Waals surface area contributed by atoms with Crippen molar-refractivity contribution in [2.45, 2.75) is 20.8 Å². The molecule has 0 aliphatic heterocycles. The number of carbonyl (C=O) groups is 1. The Labute approximate surface area is 67.4 Å². The summed E-state index contributed by atoms with van der Waals surface area (Å²) >= 11 is 0. The minimum atomic E-state index is -0.366. The molecule has 0 aromatic carbocycles. The van der Waals surface area contributed by atoms with E-state index in [9.17, 15) is 4.79 Å². The fraction of sp³-hybridized carbons (Fsp3) is 0.875. The van der Waals surface area contributed by atoms with Crippen LogP contribution in [0.2, 0.25) is 0 Å². The van der Waals surface area contributed by atoms with Gasteiger partial charge in [0.2, 0.25) is 0 Å². The molecule has 3 nitrogen and oxygen atoms in total. The van der Waals surface area contributed by atoms with E-state index >= 15 is 0 Å². The van der Waals surface area contributed by atoms with E-state index in [1.807, 2.05) is 13.8 Å². The topological polar surface area (TPSA) is 46.5 Å². The second-order valence-corrected chi connectivity index (χ2v) is 2.79. The Kier molecular flexibility index (Phi) is 4.86. The van der Waals surface area contributed by atoms with Crippen molar-refractivity contribution in [1.29, 1.82) is 0 Å². The molecule has 0 unspecified atom stereocenters. The van der Waals surface area contributed by atoms with Crippen LogP contribution in [0.1, 0.15) is 20.8 Å². The van der Waals surface area contributed by atoms with Gasteiger partial charge in [0.1, 0.15) is 0 Å². The smallest absolute Gasteiger partial charge is 0.311 e.